The van der Waals surface area contributed by atoms with Crippen LogP contribution in [0.2, 0.25) is 0 Å². The van der Waals surface area contributed by atoms with Crippen LogP contribution in [-0.4, -0.2) is 31.4 Å². The van der Waals surface area contributed by atoms with E-state index in [1.165, 1.54) is 24.3 Å². The fourth-order valence-corrected chi connectivity index (χ4v) is 2.70. The Morgan fingerprint density at radius 3 is 2.26 bits per heavy atom. The molecule has 0 fully saturated rings. The topological polar surface area (TPSA) is 127 Å². The van der Waals surface area contributed by atoms with Crippen molar-refractivity contribution in [3.8, 4) is 0 Å². The summed E-state index contributed by atoms with van der Waals surface area (Å²) in [6.45, 7) is 0. The van der Waals surface area contributed by atoms with Gasteiger partial charge in [-0.15, -0.1) is 0 Å². The zero-order valence-electron chi connectivity index (χ0n) is 9.54. The van der Waals surface area contributed by atoms with Crippen LogP contribution in [0, 0.1) is 0 Å². The minimum absolute atomic E-state index is 0.105. The Morgan fingerprint density at radius 1 is 1.32 bits per heavy atom. The van der Waals surface area contributed by atoms with Crippen LogP contribution >= 0.6 is 15.9 Å². The van der Waals surface area contributed by atoms with Gasteiger partial charge < -0.3 is 10.8 Å². The smallest absolute Gasteiger partial charge is 0.322 e. The third-order valence-electron chi connectivity index (χ3n) is 2.12. The van der Waals surface area contributed by atoms with Crippen molar-refractivity contribution < 1.29 is 23.1 Å². The predicted molar refractivity (Wildman–Crippen MR) is 69.7 cm³/mol. The first kappa shape index (κ1) is 15.6. The fourth-order valence-electron chi connectivity index (χ4n) is 1.25. The van der Waals surface area contributed by atoms with Gasteiger partial charge in [-0.05, 0) is 24.3 Å². The van der Waals surface area contributed by atoms with Gasteiger partial charge in [0.05, 0.1) is 11.3 Å². The predicted octanol–water partition coefficient (Wildman–Crippen LogP) is 0.0560. The first-order valence-corrected chi connectivity index (χ1v) is 7.29. The monoisotopic (exact) mass is 350 g/mol. The number of carboxylic acids is 1. The third kappa shape index (κ3) is 4.62. The maximum Gasteiger partial charge on any atom is 0.322 e. The highest BCUT2D eigenvalue weighted by molar-refractivity contribution is 9.10. The van der Waals surface area contributed by atoms with Gasteiger partial charge in [0.15, 0.2) is 0 Å². The van der Waals surface area contributed by atoms with Crippen molar-refractivity contribution in [1.82, 2.24) is 4.72 Å². The van der Waals surface area contributed by atoms with Gasteiger partial charge in [-0.2, -0.15) is 4.72 Å². The fraction of sp³-hybridized carbons (Fsp3) is 0.200. The first-order valence-electron chi connectivity index (χ1n) is 5.01. The minimum Gasteiger partial charge on any atom is -0.480 e. The number of nitrogens with two attached hydrogens (primary N) is 1. The summed E-state index contributed by atoms with van der Waals surface area (Å²) in [5.74, 6) is -2.38. The molecule has 0 aliphatic heterocycles. The highest BCUT2D eigenvalue weighted by Gasteiger charge is 2.26. The van der Waals surface area contributed by atoms with Gasteiger partial charge in [-0.1, -0.05) is 15.9 Å². The van der Waals surface area contributed by atoms with Gasteiger partial charge in [-0.25, -0.2) is 8.42 Å². The second-order valence-electron chi connectivity index (χ2n) is 3.64. The lowest BCUT2D eigenvalue weighted by atomic mass is 10.2. The summed E-state index contributed by atoms with van der Waals surface area (Å²) in [6.07, 6.45) is -0.620. The lowest BCUT2D eigenvalue weighted by Crippen LogP contribution is -2.43. The molecule has 0 bridgehead atoms. The van der Waals surface area contributed by atoms with Crippen molar-refractivity contribution >= 4 is 37.8 Å². The summed E-state index contributed by atoms with van der Waals surface area (Å²) in [4.78, 5) is 21.4. The molecule has 7 nitrogen and oxygen atoms in total. The summed E-state index contributed by atoms with van der Waals surface area (Å²) in [5.41, 5.74) is 4.87. The van der Waals surface area contributed by atoms with E-state index in [1.54, 1.807) is 0 Å². The van der Waals surface area contributed by atoms with E-state index in [4.69, 9.17) is 10.8 Å². The normalized spacial score (nSPS) is 12.9. The zero-order valence-corrected chi connectivity index (χ0v) is 11.9. The molecule has 1 aromatic carbocycles. The van der Waals surface area contributed by atoms with Crippen LogP contribution in [0.15, 0.2) is 33.6 Å². The SMILES string of the molecule is NC(=O)CC(NS(=O)(=O)c1ccc(Br)cc1)C(=O)O. The molecule has 0 saturated heterocycles. The van der Waals surface area contributed by atoms with Crippen LogP contribution in [0.5, 0.6) is 0 Å². The number of rotatable bonds is 6. The van der Waals surface area contributed by atoms with E-state index in [0.29, 0.717) is 4.47 Å². The molecule has 1 unspecified atom stereocenters. The second kappa shape index (κ2) is 6.13. The molecule has 0 aliphatic rings. The van der Waals surface area contributed by atoms with Crippen LogP contribution in [-0.2, 0) is 19.6 Å². The number of carbonyl (C=O) groups excluding carboxylic acids is 1. The Hall–Kier alpha value is -1.45. The summed E-state index contributed by atoms with van der Waals surface area (Å²) in [7, 11) is -4.03. The van der Waals surface area contributed by atoms with Gasteiger partial charge >= 0.3 is 5.97 Å². The standard InChI is InChI=1S/C10H11BrN2O5S/c11-6-1-3-7(4-2-6)19(17,18)13-8(10(15)16)5-9(12)14/h1-4,8,13H,5H2,(H2,12,14)(H,15,16). The highest BCUT2D eigenvalue weighted by atomic mass is 79.9. The largest absolute Gasteiger partial charge is 0.480 e. The molecule has 0 saturated carbocycles. The van der Waals surface area contributed by atoms with E-state index >= 15 is 0 Å². The number of hydrogen-bond donors (Lipinski definition) is 3. The van der Waals surface area contributed by atoms with E-state index in [-0.39, 0.29) is 4.90 Å². The molecule has 1 atom stereocenters. The first-order chi connectivity index (χ1) is 8.72. The average molecular weight is 351 g/mol. The third-order valence-corrected chi connectivity index (χ3v) is 4.14. The van der Waals surface area contributed by atoms with Crippen molar-refractivity contribution in [2.75, 3.05) is 0 Å². The van der Waals surface area contributed by atoms with E-state index in [0.717, 1.165) is 0 Å². The number of benzene rings is 1. The van der Waals surface area contributed by atoms with Gasteiger partial charge in [0.1, 0.15) is 6.04 Å². The molecule has 0 spiro atoms. The van der Waals surface area contributed by atoms with Crippen LogP contribution in [0.3, 0.4) is 0 Å². The average Bonchev–Trinajstić information content (AvgIpc) is 2.27. The van der Waals surface area contributed by atoms with E-state index < -0.39 is 34.4 Å². The summed E-state index contributed by atoms with van der Waals surface area (Å²) in [6, 6.07) is 4.01. The molecule has 1 amide bonds. The number of nitrogens with one attached hydrogen (secondary N) is 1. The molecule has 9 heteroatoms. The molecule has 0 radical (unpaired) electrons. The Bertz CT molecular complexity index is 584. The van der Waals surface area contributed by atoms with Gasteiger partial charge in [0.25, 0.3) is 0 Å². The number of carbonyl (C=O) groups is 2. The maximum atomic E-state index is 11.9. The van der Waals surface area contributed by atoms with Crippen LogP contribution in [0.4, 0.5) is 0 Å². The summed E-state index contributed by atoms with van der Waals surface area (Å²) in [5, 5.41) is 8.83. The number of carboxylic acid groups (broad SMARTS) is 1. The Morgan fingerprint density at radius 2 is 1.84 bits per heavy atom. The minimum atomic E-state index is -4.03. The molecular formula is C10H11BrN2O5S. The van der Waals surface area contributed by atoms with Crippen LogP contribution in [0.1, 0.15) is 6.42 Å². The van der Waals surface area contributed by atoms with Gasteiger partial charge in [0, 0.05) is 4.47 Å². The molecule has 104 valence electrons. The summed E-state index contributed by atoms with van der Waals surface area (Å²) >= 11 is 3.15. The number of halogens is 1. The van der Waals surface area contributed by atoms with Crippen molar-refractivity contribution in [1.29, 1.82) is 0 Å². The highest BCUT2D eigenvalue weighted by Crippen LogP contribution is 2.15. The van der Waals surface area contributed by atoms with Crippen LogP contribution < -0.4 is 10.5 Å². The Labute approximate surface area is 118 Å². The number of hydrogen-bond acceptors (Lipinski definition) is 4. The molecule has 0 aromatic heterocycles. The quantitative estimate of drug-likeness (QED) is 0.668. The van der Waals surface area contributed by atoms with Crippen molar-refractivity contribution in [3.63, 3.8) is 0 Å². The maximum absolute atomic E-state index is 11.9. The van der Waals surface area contributed by atoms with Gasteiger partial charge in [-0.3, -0.25) is 9.59 Å². The summed E-state index contributed by atoms with van der Waals surface area (Å²) < 4.78 is 26.4. The molecule has 19 heavy (non-hydrogen) atoms. The molecule has 4 N–H and O–H groups in total. The molecule has 1 aromatic rings. The number of primary amides is 1. The number of amides is 1. The second-order valence-corrected chi connectivity index (χ2v) is 6.27. The van der Waals surface area contributed by atoms with Crippen molar-refractivity contribution in [2.45, 2.75) is 17.4 Å². The number of aliphatic carboxylic acids is 1. The number of sulfonamides is 1. The van der Waals surface area contributed by atoms with E-state index in [9.17, 15) is 18.0 Å². The lowest BCUT2D eigenvalue weighted by Gasteiger charge is -2.13. The van der Waals surface area contributed by atoms with Crippen molar-refractivity contribution in [2.24, 2.45) is 5.73 Å². The zero-order chi connectivity index (χ0) is 14.6. The molecule has 1 rings (SSSR count). The Balaban J connectivity index is 2.97. The van der Waals surface area contributed by atoms with Crippen molar-refractivity contribution in [3.05, 3.63) is 28.7 Å². The Kier molecular flexibility index (Phi) is 5.04. The van der Waals surface area contributed by atoms with Crippen LogP contribution in [0.25, 0.3) is 0 Å². The molecule has 0 heterocycles. The molecular weight excluding hydrogens is 340 g/mol. The van der Waals surface area contributed by atoms with Gasteiger partial charge in [0.2, 0.25) is 15.9 Å². The lowest BCUT2D eigenvalue weighted by molar-refractivity contribution is -0.140. The van der Waals surface area contributed by atoms with E-state index in [1.807, 2.05) is 4.72 Å². The van der Waals surface area contributed by atoms with E-state index in [2.05, 4.69) is 15.9 Å². The molecule has 0 aliphatic carbocycles.